The average molecular weight is 481 g/mol. The number of anilines is 3. The van der Waals surface area contributed by atoms with Gasteiger partial charge in [0.2, 0.25) is 5.95 Å². The molecule has 0 aliphatic carbocycles. The smallest absolute Gasteiger partial charge is 0.406 e. The van der Waals surface area contributed by atoms with E-state index < -0.39 is 6.36 Å². The van der Waals surface area contributed by atoms with Crippen LogP contribution in [0.3, 0.4) is 0 Å². The summed E-state index contributed by atoms with van der Waals surface area (Å²) in [5.41, 5.74) is 2.28. The molecule has 10 heteroatoms. The molecule has 0 saturated heterocycles. The summed E-state index contributed by atoms with van der Waals surface area (Å²) < 4.78 is 42.1. The van der Waals surface area contributed by atoms with Crippen LogP contribution < -0.4 is 15.4 Å². The number of hydrogen-bond donors (Lipinski definition) is 3. The van der Waals surface area contributed by atoms with Crippen LogP contribution >= 0.6 is 11.6 Å². The Labute approximate surface area is 194 Å². The van der Waals surface area contributed by atoms with Crippen molar-refractivity contribution in [1.82, 2.24) is 9.97 Å². The van der Waals surface area contributed by atoms with Gasteiger partial charge in [0.1, 0.15) is 11.6 Å². The molecular formula is C23H24ClF3N4O2. The standard InChI is InChI=1S/C23H24ClF3N4O2/c1-13(2)19(12-32)29-22-28-18(15-7-5-8-16(10-15)33-23(25,26)27)11-20(31-22)30-21-14(3)6-4-9-17(21)24/h4-11,13,19,32H,12H2,1-3H3,(H2,28,29,30,31)/t19-/m0/s1. The third-order valence-corrected chi connectivity index (χ3v) is 5.20. The maximum Gasteiger partial charge on any atom is 0.573 e. The molecule has 0 fully saturated rings. The van der Waals surface area contributed by atoms with Gasteiger partial charge in [-0.1, -0.05) is 49.7 Å². The Kier molecular flexibility index (Phi) is 7.65. The first kappa shape index (κ1) is 24.6. The third kappa shape index (κ3) is 6.72. The Hall–Kier alpha value is -3.04. The van der Waals surface area contributed by atoms with Crippen LogP contribution in [-0.2, 0) is 0 Å². The SMILES string of the molecule is Cc1cccc(Cl)c1Nc1cc(-c2cccc(OC(F)(F)F)c2)nc(N[C@@H](CO)C(C)C)n1. The number of alkyl halides is 3. The van der Waals surface area contributed by atoms with Crippen molar-refractivity contribution >= 4 is 29.1 Å². The van der Waals surface area contributed by atoms with E-state index in [9.17, 15) is 18.3 Å². The van der Waals surface area contributed by atoms with E-state index in [1.807, 2.05) is 32.9 Å². The summed E-state index contributed by atoms with van der Waals surface area (Å²) >= 11 is 6.33. The normalized spacial score (nSPS) is 12.5. The molecule has 33 heavy (non-hydrogen) atoms. The number of aryl methyl sites for hydroxylation is 1. The van der Waals surface area contributed by atoms with E-state index in [-0.39, 0.29) is 30.3 Å². The van der Waals surface area contributed by atoms with Gasteiger partial charge >= 0.3 is 6.36 Å². The van der Waals surface area contributed by atoms with E-state index in [0.29, 0.717) is 27.8 Å². The van der Waals surface area contributed by atoms with Gasteiger partial charge in [-0.05, 0) is 36.6 Å². The Bertz CT molecular complexity index is 1090. The van der Waals surface area contributed by atoms with Gasteiger partial charge in [0.15, 0.2) is 0 Å². The lowest BCUT2D eigenvalue weighted by Gasteiger charge is -2.21. The van der Waals surface area contributed by atoms with Gasteiger partial charge in [0.25, 0.3) is 0 Å². The minimum atomic E-state index is -4.81. The van der Waals surface area contributed by atoms with E-state index in [2.05, 4.69) is 25.3 Å². The number of para-hydroxylation sites is 1. The second kappa shape index (κ2) is 10.3. The van der Waals surface area contributed by atoms with Crippen LogP contribution in [0, 0.1) is 12.8 Å². The Morgan fingerprint density at radius 1 is 1.09 bits per heavy atom. The molecule has 1 atom stereocenters. The predicted octanol–water partition coefficient (Wildman–Crippen LogP) is 6.18. The molecule has 0 radical (unpaired) electrons. The highest BCUT2D eigenvalue weighted by atomic mass is 35.5. The van der Waals surface area contributed by atoms with Crippen LogP contribution in [0.15, 0.2) is 48.5 Å². The Balaban J connectivity index is 2.05. The zero-order valence-corrected chi connectivity index (χ0v) is 19.0. The number of halogens is 4. The fraction of sp³-hybridized carbons (Fsp3) is 0.304. The molecule has 0 aliphatic rings. The van der Waals surface area contributed by atoms with Gasteiger partial charge in [-0.25, -0.2) is 4.98 Å². The quantitative estimate of drug-likeness (QED) is 0.357. The number of nitrogens with zero attached hydrogens (tertiary/aromatic N) is 2. The fourth-order valence-electron chi connectivity index (χ4n) is 3.08. The van der Waals surface area contributed by atoms with Crippen LogP contribution in [0.4, 0.5) is 30.6 Å². The number of rotatable bonds is 8. The molecule has 1 heterocycles. The van der Waals surface area contributed by atoms with Gasteiger partial charge in [-0.3, -0.25) is 0 Å². The number of hydrogen-bond acceptors (Lipinski definition) is 6. The molecule has 3 aromatic rings. The molecule has 6 nitrogen and oxygen atoms in total. The lowest BCUT2D eigenvalue weighted by atomic mass is 10.1. The van der Waals surface area contributed by atoms with Gasteiger partial charge in [-0.2, -0.15) is 4.98 Å². The fourth-order valence-corrected chi connectivity index (χ4v) is 3.35. The highest BCUT2D eigenvalue weighted by Crippen LogP contribution is 2.32. The lowest BCUT2D eigenvalue weighted by Crippen LogP contribution is -2.30. The van der Waals surface area contributed by atoms with Crippen molar-refractivity contribution < 1.29 is 23.0 Å². The molecule has 0 spiro atoms. The van der Waals surface area contributed by atoms with Crippen molar-refractivity contribution in [3.8, 4) is 17.0 Å². The number of benzene rings is 2. The van der Waals surface area contributed by atoms with E-state index in [1.54, 1.807) is 18.2 Å². The van der Waals surface area contributed by atoms with Crippen molar-refractivity contribution in [1.29, 1.82) is 0 Å². The second-order valence-corrected chi connectivity index (χ2v) is 8.18. The molecule has 3 rings (SSSR count). The largest absolute Gasteiger partial charge is 0.573 e. The van der Waals surface area contributed by atoms with Crippen LogP contribution in [0.5, 0.6) is 5.75 Å². The zero-order valence-electron chi connectivity index (χ0n) is 18.2. The minimum Gasteiger partial charge on any atom is -0.406 e. The van der Waals surface area contributed by atoms with Gasteiger partial charge in [-0.15, -0.1) is 13.2 Å². The summed E-state index contributed by atoms with van der Waals surface area (Å²) in [7, 11) is 0. The Morgan fingerprint density at radius 3 is 2.45 bits per heavy atom. The second-order valence-electron chi connectivity index (χ2n) is 7.77. The van der Waals surface area contributed by atoms with Crippen LogP contribution in [0.2, 0.25) is 5.02 Å². The maximum atomic E-state index is 12.7. The van der Waals surface area contributed by atoms with Crippen LogP contribution in [-0.4, -0.2) is 34.1 Å². The first-order valence-electron chi connectivity index (χ1n) is 10.2. The highest BCUT2D eigenvalue weighted by Gasteiger charge is 2.31. The summed E-state index contributed by atoms with van der Waals surface area (Å²) in [5.74, 6) is 0.295. The van der Waals surface area contributed by atoms with E-state index in [0.717, 1.165) is 5.56 Å². The maximum absolute atomic E-state index is 12.7. The van der Waals surface area contributed by atoms with E-state index in [4.69, 9.17) is 11.6 Å². The number of aliphatic hydroxyl groups excluding tert-OH is 1. The van der Waals surface area contributed by atoms with Crippen molar-refractivity contribution in [3.05, 3.63) is 59.1 Å². The van der Waals surface area contributed by atoms with Gasteiger partial charge in [0, 0.05) is 11.6 Å². The first-order valence-corrected chi connectivity index (χ1v) is 10.6. The van der Waals surface area contributed by atoms with Crippen molar-refractivity contribution in [2.75, 3.05) is 17.2 Å². The zero-order chi connectivity index (χ0) is 24.2. The minimum absolute atomic E-state index is 0.0768. The topological polar surface area (TPSA) is 79.3 Å². The van der Waals surface area contributed by atoms with Crippen LogP contribution in [0.25, 0.3) is 11.3 Å². The van der Waals surface area contributed by atoms with E-state index >= 15 is 0 Å². The summed E-state index contributed by atoms with van der Waals surface area (Å²) in [6.45, 7) is 5.60. The molecule has 3 N–H and O–H groups in total. The number of ether oxygens (including phenoxy) is 1. The van der Waals surface area contributed by atoms with Gasteiger partial charge < -0.3 is 20.5 Å². The molecular weight excluding hydrogens is 457 g/mol. The molecule has 2 aromatic carbocycles. The first-order chi connectivity index (χ1) is 15.6. The third-order valence-electron chi connectivity index (χ3n) is 4.88. The van der Waals surface area contributed by atoms with E-state index in [1.165, 1.54) is 18.2 Å². The number of aliphatic hydroxyl groups is 1. The van der Waals surface area contributed by atoms with Gasteiger partial charge in [0.05, 0.1) is 29.1 Å². The van der Waals surface area contributed by atoms with Crippen molar-refractivity contribution in [2.45, 2.75) is 33.2 Å². The molecule has 0 saturated carbocycles. The molecule has 176 valence electrons. The highest BCUT2D eigenvalue weighted by molar-refractivity contribution is 6.33. The molecule has 0 bridgehead atoms. The summed E-state index contributed by atoms with van der Waals surface area (Å²) in [5, 5.41) is 16.4. The van der Waals surface area contributed by atoms with Crippen molar-refractivity contribution in [2.24, 2.45) is 5.92 Å². The molecule has 0 amide bonds. The lowest BCUT2D eigenvalue weighted by molar-refractivity contribution is -0.274. The van der Waals surface area contributed by atoms with Crippen LogP contribution in [0.1, 0.15) is 19.4 Å². The van der Waals surface area contributed by atoms with Crippen molar-refractivity contribution in [3.63, 3.8) is 0 Å². The molecule has 1 aromatic heterocycles. The Morgan fingerprint density at radius 2 is 1.82 bits per heavy atom. The monoisotopic (exact) mass is 480 g/mol. The number of nitrogens with one attached hydrogen (secondary N) is 2. The summed E-state index contributed by atoms with van der Waals surface area (Å²) in [6.07, 6.45) is -4.81. The summed E-state index contributed by atoms with van der Waals surface area (Å²) in [6, 6.07) is 12.2. The number of aromatic nitrogens is 2. The molecule has 0 unspecified atom stereocenters. The molecule has 0 aliphatic heterocycles. The average Bonchev–Trinajstić information content (AvgIpc) is 2.73. The predicted molar refractivity (Wildman–Crippen MR) is 123 cm³/mol. The summed E-state index contributed by atoms with van der Waals surface area (Å²) in [4.78, 5) is 8.93.